The molecule has 0 unspecified atom stereocenters. The van der Waals surface area contributed by atoms with Crippen molar-refractivity contribution in [3.05, 3.63) is 64.7 Å². The summed E-state index contributed by atoms with van der Waals surface area (Å²) in [6.45, 7) is 2.86. The molecule has 144 valence electrons. The van der Waals surface area contributed by atoms with Crippen LogP contribution in [-0.4, -0.2) is 37.1 Å². The number of nitrogens with two attached hydrogens (primary N) is 1. The molecule has 2 aromatic rings. The molecule has 0 radical (unpaired) electrons. The average Bonchev–Trinajstić information content (AvgIpc) is 2.67. The summed E-state index contributed by atoms with van der Waals surface area (Å²) in [5, 5.41) is 8.24. The summed E-state index contributed by atoms with van der Waals surface area (Å²) in [7, 11) is 1.63. The largest absolute Gasteiger partial charge is 0.375 e. The minimum Gasteiger partial charge on any atom is -0.375 e. The smallest absolute Gasteiger partial charge is 0.331 e. The number of nitrogens with one attached hydrogen (secondary N) is 1. The Bertz CT molecular complexity index is 783. The van der Waals surface area contributed by atoms with Gasteiger partial charge in [0.25, 0.3) is 0 Å². The van der Waals surface area contributed by atoms with E-state index < -0.39 is 6.03 Å². The van der Waals surface area contributed by atoms with E-state index in [-0.39, 0.29) is 19.1 Å². The molecule has 0 saturated heterocycles. The van der Waals surface area contributed by atoms with Crippen molar-refractivity contribution in [3.63, 3.8) is 0 Å². The van der Waals surface area contributed by atoms with Crippen LogP contribution in [0.15, 0.2) is 48.5 Å². The Morgan fingerprint density at radius 1 is 1.19 bits per heavy atom. The molecule has 0 fully saturated rings. The minimum atomic E-state index is -0.423. The van der Waals surface area contributed by atoms with Gasteiger partial charge in [-0.3, -0.25) is 15.2 Å². The zero-order chi connectivity index (χ0) is 19.8. The van der Waals surface area contributed by atoms with Gasteiger partial charge in [0, 0.05) is 7.05 Å². The van der Waals surface area contributed by atoms with Crippen molar-refractivity contribution in [2.45, 2.75) is 20.0 Å². The van der Waals surface area contributed by atoms with E-state index in [1.807, 2.05) is 49.4 Å². The monoisotopic (exact) mass is 388 g/mol. The molecule has 0 heterocycles. The van der Waals surface area contributed by atoms with Gasteiger partial charge in [0.1, 0.15) is 0 Å². The van der Waals surface area contributed by atoms with E-state index in [1.165, 1.54) is 9.80 Å². The van der Waals surface area contributed by atoms with Crippen LogP contribution in [0.4, 0.5) is 10.5 Å². The van der Waals surface area contributed by atoms with Crippen molar-refractivity contribution >= 4 is 29.3 Å². The Labute approximate surface area is 165 Å². The van der Waals surface area contributed by atoms with Gasteiger partial charge in [0.15, 0.2) is 5.96 Å². The summed E-state index contributed by atoms with van der Waals surface area (Å²) < 4.78 is 5.61. The van der Waals surface area contributed by atoms with Gasteiger partial charge in [-0.05, 0) is 23.6 Å². The number of carbonyl (C=O) groups excluding carboxylic acids is 1. The van der Waals surface area contributed by atoms with E-state index >= 15 is 0 Å². The van der Waals surface area contributed by atoms with Gasteiger partial charge in [0.2, 0.25) is 0 Å². The molecule has 2 rings (SSSR count). The van der Waals surface area contributed by atoms with E-state index in [0.29, 0.717) is 17.3 Å². The highest BCUT2D eigenvalue weighted by Crippen LogP contribution is 2.30. The van der Waals surface area contributed by atoms with Crippen LogP contribution in [-0.2, 0) is 17.8 Å². The molecule has 27 heavy (non-hydrogen) atoms. The van der Waals surface area contributed by atoms with Crippen molar-refractivity contribution in [1.29, 1.82) is 5.41 Å². The van der Waals surface area contributed by atoms with E-state index in [0.717, 1.165) is 17.5 Å². The first kappa shape index (κ1) is 20.7. The number of nitrogens with zero attached hydrogens (tertiary/aromatic N) is 2. The van der Waals surface area contributed by atoms with Crippen molar-refractivity contribution in [1.82, 2.24) is 4.90 Å². The van der Waals surface area contributed by atoms with Gasteiger partial charge in [-0.25, -0.2) is 4.79 Å². The lowest BCUT2D eigenvalue weighted by Crippen LogP contribution is -2.49. The maximum absolute atomic E-state index is 12.9. The molecule has 0 aliphatic heterocycles. The molecule has 0 aliphatic carbocycles. The van der Waals surface area contributed by atoms with Gasteiger partial charge in [-0.15, -0.1) is 0 Å². The molecule has 0 spiro atoms. The lowest BCUT2D eigenvalue weighted by Gasteiger charge is -2.28. The number of halogens is 1. The van der Waals surface area contributed by atoms with E-state index in [4.69, 9.17) is 27.5 Å². The Hall–Kier alpha value is -2.57. The number of urea groups is 1. The quantitative estimate of drug-likeness (QED) is 0.429. The van der Waals surface area contributed by atoms with Gasteiger partial charge < -0.3 is 10.5 Å². The van der Waals surface area contributed by atoms with Crippen molar-refractivity contribution in [2.75, 3.05) is 25.1 Å². The van der Waals surface area contributed by atoms with Crippen LogP contribution in [0.5, 0.6) is 0 Å². The van der Waals surface area contributed by atoms with Crippen LogP contribution in [0.3, 0.4) is 0 Å². The standard InChI is InChI=1S/C20H25ClN4O2/c1-3-16-10-7-11-17(21)18(16)24(2)20(26)25(19(22)23)12-13-27-14-15-8-5-4-6-9-15/h4-11H,3,12-14H2,1-2H3,(H3,22,23). The number of guanidine groups is 1. The number of anilines is 1. The first-order valence-electron chi connectivity index (χ1n) is 8.74. The van der Waals surface area contributed by atoms with Gasteiger partial charge in [-0.2, -0.15) is 0 Å². The first-order valence-corrected chi connectivity index (χ1v) is 9.11. The fourth-order valence-corrected chi connectivity index (χ4v) is 3.06. The number of carbonyl (C=O) groups is 1. The predicted molar refractivity (Wildman–Crippen MR) is 109 cm³/mol. The normalized spacial score (nSPS) is 10.5. The Balaban J connectivity index is 2.03. The van der Waals surface area contributed by atoms with E-state index in [2.05, 4.69) is 0 Å². The zero-order valence-corrected chi connectivity index (χ0v) is 16.4. The van der Waals surface area contributed by atoms with Crippen LogP contribution in [0.2, 0.25) is 5.02 Å². The SMILES string of the molecule is CCc1cccc(Cl)c1N(C)C(=O)N(CCOCc1ccccc1)C(=N)N. The van der Waals surface area contributed by atoms with Crippen molar-refractivity contribution in [2.24, 2.45) is 5.73 Å². The lowest BCUT2D eigenvalue weighted by molar-refractivity contribution is 0.111. The topological polar surface area (TPSA) is 82.7 Å². The van der Waals surface area contributed by atoms with E-state index in [9.17, 15) is 4.79 Å². The molecular formula is C20H25ClN4O2. The number of para-hydroxylation sites is 1. The molecule has 7 heteroatoms. The number of hydrogen-bond acceptors (Lipinski definition) is 3. The fraction of sp³-hybridized carbons (Fsp3) is 0.300. The Kier molecular flexibility index (Phi) is 7.64. The maximum Gasteiger partial charge on any atom is 0.331 e. The average molecular weight is 389 g/mol. The second-order valence-corrected chi connectivity index (χ2v) is 6.42. The Morgan fingerprint density at radius 3 is 2.52 bits per heavy atom. The van der Waals surface area contributed by atoms with Gasteiger partial charge >= 0.3 is 6.03 Å². The molecule has 2 aromatic carbocycles. The molecule has 0 aromatic heterocycles. The van der Waals surface area contributed by atoms with Crippen LogP contribution in [0.1, 0.15) is 18.1 Å². The summed E-state index contributed by atoms with van der Waals surface area (Å²) >= 11 is 6.30. The van der Waals surface area contributed by atoms with Crippen molar-refractivity contribution in [3.8, 4) is 0 Å². The number of ether oxygens (including phenoxy) is 1. The molecule has 0 saturated carbocycles. The van der Waals surface area contributed by atoms with Gasteiger partial charge in [-0.1, -0.05) is 61.0 Å². The fourth-order valence-electron chi connectivity index (χ4n) is 2.74. The number of benzene rings is 2. The summed E-state index contributed by atoms with van der Waals surface area (Å²) in [6, 6.07) is 14.8. The molecule has 2 amide bonds. The molecule has 6 nitrogen and oxygen atoms in total. The third kappa shape index (κ3) is 5.45. The lowest BCUT2D eigenvalue weighted by atomic mass is 10.1. The number of amides is 2. The molecule has 0 atom stereocenters. The highest BCUT2D eigenvalue weighted by atomic mass is 35.5. The summed E-state index contributed by atoms with van der Waals surface area (Å²) in [5.74, 6) is -0.333. The molecule has 3 N–H and O–H groups in total. The number of rotatable bonds is 7. The van der Waals surface area contributed by atoms with Crippen LogP contribution in [0, 0.1) is 5.41 Å². The molecule has 0 aliphatic rings. The Morgan fingerprint density at radius 2 is 1.89 bits per heavy atom. The van der Waals surface area contributed by atoms with Crippen LogP contribution >= 0.6 is 11.6 Å². The summed E-state index contributed by atoms with van der Waals surface area (Å²) in [5.41, 5.74) is 8.24. The summed E-state index contributed by atoms with van der Waals surface area (Å²) in [4.78, 5) is 15.5. The second kappa shape index (κ2) is 9.94. The minimum absolute atomic E-state index is 0.178. The van der Waals surface area contributed by atoms with Crippen LogP contribution < -0.4 is 10.6 Å². The second-order valence-electron chi connectivity index (χ2n) is 6.02. The number of aryl methyl sites for hydroxylation is 1. The highest BCUT2D eigenvalue weighted by Gasteiger charge is 2.24. The van der Waals surface area contributed by atoms with Crippen molar-refractivity contribution < 1.29 is 9.53 Å². The van der Waals surface area contributed by atoms with E-state index in [1.54, 1.807) is 13.1 Å². The third-order valence-corrected chi connectivity index (χ3v) is 4.47. The zero-order valence-electron chi connectivity index (χ0n) is 15.6. The van der Waals surface area contributed by atoms with Gasteiger partial charge in [0.05, 0.1) is 30.5 Å². The predicted octanol–water partition coefficient (Wildman–Crippen LogP) is 3.87. The number of hydrogen-bond donors (Lipinski definition) is 2. The molecule has 0 bridgehead atoms. The maximum atomic E-state index is 12.9. The van der Waals surface area contributed by atoms with Crippen LogP contribution in [0.25, 0.3) is 0 Å². The third-order valence-electron chi connectivity index (χ3n) is 4.17. The summed E-state index contributed by atoms with van der Waals surface area (Å²) in [6.07, 6.45) is 0.730. The first-order chi connectivity index (χ1) is 13.0. The molecular weight excluding hydrogens is 364 g/mol. The highest BCUT2D eigenvalue weighted by molar-refractivity contribution is 6.34.